The molecule has 0 heterocycles. The Morgan fingerprint density at radius 2 is 2.62 bits per heavy atom. The molecule has 0 amide bonds. The van der Waals surface area contributed by atoms with E-state index in [-0.39, 0.29) is 8.03 Å². The predicted octanol–water partition coefficient (Wildman–Crippen LogP) is -0.0797. The average molecular weight is 117 g/mol. The maximum atomic E-state index is 10.2. The fourth-order valence-corrected chi connectivity index (χ4v) is 0.218. The second kappa shape index (κ2) is 4.33. The highest BCUT2D eigenvalue weighted by molar-refractivity contribution is 5.81. The van der Waals surface area contributed by atoms with Gasteiger partial charge in [0.25, 0.3) is 0 Å². The number of esters is 1. The number of hydrogen-bond donors (Lipinski definition) is 1. The molecule has 0 bridgehead atoms. The van der Waals surface area contributed by atoms with Crippen molar-refractivity contribution in [3.8, 4) is 0 Å². The zero-order chi connectivity index (χ0) is 6.41. The van der Waals surface area contributed by atoms with Crippen molar-refractivity contribution >= 4 is 5.97 Å². The summed E-state index contributed by atoms with van der Waals surface area (Å²) in [5.74, 6) is -0.421. The molecule has 8 heavy (non-hydrogen) atoms. The van der Waals surface area contributed by atoms with Gasteiger partial charge in [0.05, 0.1) is 0 Å². The molecule has 0 unspecified atom stereocenters. The highest BCUT2D eigenvalue weighted by atomic mass is 16.5. The van der Waals surface area contributed by atoms with Gasteiger partial charge in [0.2, 0.25) is 0 Å². The lowest BCUT2D eigenvalue weighted by molar-refractivity contribution is -0.137. The maximum Gasteiger partial charge on any atom is 0.330 e. The topological polar surface area (TPSA) is 52.3 Å². The van der Waals surface area contributed by atoms with Gasteiger partial charge in [-0.05, 0) is 0 Å². The Bertz CT molecular complexity index is 95.0. The molecular formula is C5H11NO2. The zero-order valence-electron chi connectivity index (χ0n) is 4.59. The predicted molar refractivity (Wildman–Crippen MR) is 32.3 cm³/mol. The molecule has 0 saturated heterocycles. The van der Waals surface area contributed by atoms with Crippen molar-refractivity contribution in [2.45, 2.75) is 0 Å². The standard InChI is InChI=1S/C5H9NO2.H2/c1-2-5(7)8-4-3-6;/h2H,1,3-4,6H2;1H. The van der Waals surface area contributed by atoms with Crippen molar-refractivity contribution < 1.29 is 11.0 Å². The fraction of sp³-hybridized carbons (Fsp3) is 0.400. The molecule has 3 nitrogen and oxygen atoms in total. The van der Waals surface area contributed by atoms with Crippen LogP contribution in [-0.4, -0.2) is 19.1 Å². The van der Waals surface area contributed by atoms with E-state index in [1.165, 1.54) is 0 Å². The summed E-state index contributed by atoms with van der Waals surface area (Å²) in [5, 5.41) is 0. The first kappa shape index (κ1) is 7.17. The lowest BCUT2D eigenvalue weighted by atomic mass is 10.6. The number of carbonyl (C=O) groups excluding carboxylic acids is 1. The second-order valence-electron chi connectivity index (χ2n) is 1.16. The molecule has 3 heteroatoms. The van der Waals surface area contributed by atoms with E-state index in [2.05, 4.69) is 11.3 Å². The van der Waals surface area contributed by atoms with Crippen molar-refractivity contribution in [1.29, 1.82) is 0 Å². The lowest BCUT2D eigenvalue weighted by Gasteiger charge is -1.94. The summed E-state index contributed by atoms with van der Waals surface area (Å²) < 4.78 is 4.46. The Hall–Kier alpha value is -0.830. The van der Waals surface area contributed by atoms with Crippen LogP contribution in [0.1, 0.15) is 1.43 Å². The van der Waals surface area contributed by atoms with E-state index in [9.17, 15) is 4.79 Å². The highest BCUT2D eigenvalue weighted by Gasteiger charge is 1.89. The minimum atomic E-state index is -0.421. The van der Waals surface area contributed by atoms with Crippen LogP contribution in [0.5, 0.6) is 0 Å². The van der Waals surface area contributed by atoms with Gasteiger partial charge in [-0.15, -0.1) is 0 Å². The van der Waals surface area contributed by atoms with E-state index in [1.807, 2.05) is 0 Å². The molecule has 0 aliphatic carbocycles. The van der Waals surface area contributed by atoms with Gasteiger partial charge in [0.1, 0.15) is 6.61 Å². The van der Waals surface area contributed by atoms with Crippen LogP contribution in [0, 0.1) is 0 Å². The quantitative estimate of drug-likeness (QED) is 0.415. The van der Waals surface area contributed by atoms with E-state index >= 15 is 0 Å². The molecule has 0 aliphatic rings. The summed E-state index contributed by atoms with van der Waals surface area (Å²) in [4.78, 5) is 10.2. The molecule has 0 radical (unpaired) electrons. The molecule has 0 spiro atoms. The summed E-state index contributed by atoms with van der Waals surface area (Å²) >= 11 is 0. The number of rotatable bonds is 3. The van der Waals surface area contributed by atoms with Crippen molar-refractivity contribution in [2.75, 3.05) is 13.2 Å². The van der Waals surface area contributed by atoms with Crippen molar-refractivity contribution in [3.05, 3.63) is 12.7 Å². The Kier molecular flexibility index (Phi) is 3.88. The van der Waals surface area contributed by atoms with Gasteiger partial charge in [-0.1, -0.05) is 6.58 Å². The minimum Gasteiger partial charge on any atom is -0.461 e. The monoisotopic (exact) mass is 117 g/mol. The Labute approximate surface area is 49.6 Å². The zero-order valence-corrected chi connectivity index (χ0v) is 4.59. The van der Waals surface area contributed by atoms with Gasteiger partial charge in [-0.25, -0.2) is 4.79 Å². The fourth-order valence-electron chi connectivity index (χ4n) is 0.218. The van der Waals surface area contributed by atoms with Crippen LogP contribution >= 0.6 is 0 Å². The molecule has 2 N–H and O–H groups in total. The second-order valence-corrected chi connectivity index (χ2v) is 1.16. The Morgan fingerprint density at radius 1 is 2.00 bits per heavy atom. The van der Waals surface area contributed by atoms with Gasteiger partial charge < -0.3 is 10.5 Å². The molecule has 48 valence electrons. The van der Waals surface area contributed by atoms with Gasteiger partial charge >= 0.3 is 5.97 Å². The SMILES string of the molecule is C=CC(=O)OCCN.[HH]. The third kappa shape index (κ3) is 3.36. The molecule has 0 fully saturated rings. The number of nitrogens with two attached hydrogens (primary N) is 1. The molecule has 0 aromatic carbocycles. The van der Waals surface area contributed by atoms with Crippen LogP contribution in [0.3, 0.4) is 0 Å². The molecule has 0 atom stereocenters. The first-order valence-corrected chi connectivity index (χ1v) is 2.30. The smallest absolute Gasteiger partial charge is 0.330 e. The molecule has 0 aliphatic heterocycles. The molecule has 0 saturated carbocycles. The van der Waals surface area contributed by atoms with E-state index < -0.39 is 5.97 Å². The normalized spacial score (nSPS) is 8.12. The van der Waals surface area contributed by atoms with Crippen LogP contribution in [0.25, 0.3) is 0 Å². The molecule has 0 rings (SSSR count). The summed E-state index contributed by atoms with van der Waals surface area (Å²) in [7, 11) is 0. The number of ether oxygens (including phenoxy) is 1. The van der Waals surface area contributed by atoms with Gasteiger partial charge in [-0.2, -0.15) is 0 Å². The van der Waals surface area contributed by atoms with E-state index in [0.29, 0.717) is 6.54 Å². The summed E-state index contributed by atoms with van der Waals surface area (Å²) in [6.45, 7) is 3.83. The minimum absolute atomic E-state index is 0. The highest BCUT2D eigenvalue weighted by Crippen LogP contribution is 1.74. The third-order valence-corrected chi connectivity index (χ3v) is 0.529. The van der Waals surface area contributed by atoms with Crippen molar-refractivity contribution in [3.63, 3.8) is 0 Å². The lowest BCUT2D eigenvalue weighted by Crippen LogP contribution is -2.11. The van der Waals surface area contributed by atoms with Crippen molar-refractivity contribution in [1.82, 2.24) is 0 Å². The van der Waals surface area contributed by atoms with E-state index in [4.69, 9.17) is 5.73 Å². The maximum absolute atomic E-state index is 10.2. The van der Waals surface area contributed by atoms with Crippen LogP contribution in [0.15, 0.2) is 12.7 Å². The first-order chi connectivity index (χ1) is 3.81. The van der Waals surface area contributed by atoms with Gasteiger partial charge in [0.15, 0.2) is 0 Å². The summed E-state index contributed by atoms with van der Waals surface area (Å²) in [6.07, 6.45) is 1.11. The average Bonchev–Trinajstić information content (AvgIpc) is 1.83. The Balaban J connectivity index is 0. The van der Waals surface area contributed by atoms with Crippen LogP contribution in [0.4, 0.5) is 0 Å². The number of hydrogen-bond acceptors (Lipinski definition) is 3. The van der Waals surface area contributed by atoms with Crippen LogP contribution in [-0.2, 0) is 9.53 Å². The molecular weight excluding hydrogens is 106 g/mol. The van der Waals surface area contributed by atoms with Gasteiger partial charge in [-0.3, -0.25) is 0 Å². The third-order valence-electron chi connectivity index (χ3n) is 0.529. The van der Waals surface area contributed by atoms with Gasteiger partial charge in [0, 0.05) is 14.0 Å². The van der Waals surface area contributed by atoms with Crippen LogP contribution < -0.4 is 5.73 Å². The largest absolute Gasteiger partial charge is 0.461 e. The van der Waals surface area contributed by atoms with E-state index in [0.717, 1.165) is 6.08 Å². The molecule has 0 aromatic rings. The number of carbonyl (C=O) groups is 1. The summed E-state index contributed by atoms with van der Waals surface area (Å²) in [5.41, 5.74) is 5.02. The first-order valence-electron chi connectivity index (χ1n) is 2.30. The molecule has 0 aromatic heterocycles. The van der Waals surface area contributed by atoms with Crippen molar-refractivity contribution in [2.24, 2.45) is 5.73 Å². The van der Waals surface area contributed by atoms with Crippen LogP contribution in [0.2, 0.25) is 0 Å². The van der Waals surface area contributed by atoms with E-state index in [1.54, 1.807) is 0 Å². The summed E-state index contributed by atoms with van der Waals surface area (Å²) in [6, 6.07) is 0. The Morgan fingerprint density at radius 3 is 3.00 bits per heavy atom.